The summed E-state index contributed by atoms with van der Waals surface area (Å²) in [5.74, 6) is 1.88. The molecule has 3 unspecified atom stereocenters. The zero-order chi connectivity index (χ0) is 12.0. The number of carbonyl (C=O) groups excluding carboxylic acids is 1. The van der Waals surface area contributed by atoms with Crippen molar-refractivity contribution >= 4 is 5.91 Å². The zero-order valence-corrected chi connectivity index (χ0v) is 9.93. The van der Waals surface area contributed by atoms with Gasteiger partial charge in [-0.3, -0.25) is 4.79 Å². The normalized spacial score (nSPS) is 31.9. The lowest BCUT2D eigenvalue weighted by atomic mass is 10.00. The minimum atomic E-state index is -0.226. The van der Waals surface area contributed by atoms with E-state index in [0.29, 0.717) is 18.2 Å². The molecule has 0 radical (unpaired) electrons. The van der Waals surface area contributed by atoms with E-state index in [1.54, 1.807) is 12.1 Å². The summed E-state index contributed by atoms with van der Waals surface area (Å²) in [7, 11) is 0. The first-order chi connectivity index (χ1) is 8.15. The van der Waals surface area contributed by atoms with Gasteiger partial charge in [-0.2, -0.15) is 0 Å². The maximum atomic E-state index is 12.1. The van der Waals surface area contributed by atoms with Crippen LogP contribution in [-0.4, -0.2) is 35.1 Å². The van der Waals surface area contributed by atoms with E-state index in [-0.39, 0.29) is 17.9 Å². The van der Waals surface area contributed by atoms with Crippen molar-refractivity contribution in [2.24, 2.45) is 11.8 Å². The van der Waals surface area contributed by atoms with Crippen molar-refractivity contribution in [1.29, 1.82) is 0 Å². The van der Waals surface area contributed by atoms with E-state index >= 15 is 0 Å². The Morgan fingerprint density at radius 2 is 2.24 bits per heavy atom. The number of aliphatic hydroxyl groups is 1. The van der Waals surface area contributed by atoms with Crippen molar-refractivity contribution in [2.45, 2.75) is 25.9 Å². The van der Waals surface area contributed by atoms with E-state index in [2.05, 4.69) is 0 Å². The van der Waals surface area contributed by atoms with E-state index in [9.17, 15) is 9.90 Å². The highest BCUT2D eigenvalue weighted by atomic mass is 16.3. The van der Waals surface area contributed by atoms with Crippen molar-refractivity contribution in [1.82, 2.24) is 4.90 Å². The van der Waals surface area contributed by atoms with Crippen LogP contribution in [-0.2, 0) is 0 Å². The maximum absolute atomic E-state index is 12.1. The molecule has 4 heteroatoms. The number of hydrogen-bond donors (Lipinski definition) is 1. The zero-order valence-electron chi connectivity index (χ0n) is 9.93. The first-order valence-corrected chi connectivity index (χ1v) is 6.19. The third-order valence-corrected chi connectivity index (χ3v) is 4.06. The minimum absolute atomic E-state index is 0.0419. The van der Waals surface area contributed by atoms with Gasteiger partial charge in [0.15, 0.2) is 5.76 Å². The van der Waals surface area contributed by atoms with Crippen LogP contribution in [0.25, 0.3) is 0 Å². The average molecular weight is 235 g/mol. The average Bonchev–Trinajstić information content (AvgIpc) is 2.96. The van der Waals surface area contributed by atoms with Crippen molar-refractivity contribution in [3.8, 4) is 0 Å². The fourth-order valence-corrected chi connectivity index (χ4v) is 3.11. The molecule has 2 fully saturated rings. The first-order valence-electron chi connectivity index (χ1n) is 6.19. The van der Waals surface area contributed by atoms with E-state index in [1.807, 2.05) is 11.8 Å². The summed E-state index contributed by atoms with van der Waals surface area (Å²) >= 11 is 0. The number of carbonyl (C=O) groups is 1. The van der Waals surface area contributed by atoms with Crippen LogP contribution < -0.4 is 0 Å². The topological polar surface area (TPSA) is 53.7 Å². The van der Waals surface area contributed by atoms with Gasteiger partial charge in [-0.05, 0) is 37.8 Å². The SMILES string of the molecule is Cc1ccc(C(=O)N2CC3CCC(O)C3C2)o1. The lowest BCUT2D eigenvalue weighted by Gasteiger charge is -2.16. The van der Waals surface area contributed by atoms with Gasteiger partial charge < -0.3 is 14.4 Å². The van der Waals surface area contributed by atoms with E-state index < -0.39 is 0 Å². The van der Waals surface area contributed by atoms with Crippen LogP contribution in [0.1, 0.15) is 29.2 Å². The lowest BCUT2D eigenvalue weighted by molar-refractivity contribution is 0.0720. The number of aliphatic hydroxyl groups excluding tert-OH is 1. The minimum Gasteiger partial charge on any atom is -0.456 e. The molecule has 1 aliphatic heterocycles. The molecular formula is C13H17NO3. The van der Waals surface area contributed by atoms with Crippen molar-refractivity contribution in [2.75, 3.05) is 13.1 Å². The number of aryl methyl sites for hydroxylation is 1. The Kier molecular flexibility index (Phi) is 2.47. The Bertz CT molecular complexity index is 440. The second-order valence-corrected chi connectivity index (χ2v) is 5.19. The third-order valence-electron chi connectivity index (χ3n) is 4.06. The second kappa shape index (κ2) is 3.88. The van der Waals surface area contributed by atoms with Crippen LogP contribution in [0.3, 0.4) is 0 Å². The van der Waals surface area contributed by atoms with Gasteiger partial charge in [0.1, 0.15) is 5.76 Å². The number of rotatable bonds is 1. The molecule has 1 N–H and O–H groups in total. The van der Waals surface area contributed by atoms with Crippen molar-refractivity contribution < 1.29 is 14.3 Å². The molecule has 1 saturated carbocycles. The van der Waals surface area contributed by atoms with Crippen molar-refractivity contribution in [3.63, 3.8) is 0 Å². The van der Waals surface area contributed by atoms with Crippen LogP contribution in [0, 0.1) is 18.8 Å². The van der Waals surface area contributed by atoms with Gasteiger partial charge in [0.2, 0.25) is 0 Å². The fourth-order valence-electron chi connectivity index (χ4n) is 3.11. The molecule has 1 aliphatic carbocycles. The molecule has 2 heterocycles. The molecule has 3 rings (SSSR count). The standard InChI is InChI=1S/C13H17NO3/c1-8-2-5-12(17-8)13(16)14-6-9-3-4-11(15)10(9)7-14/h2,5,9-11,15H,3-4,6-7H2,1H3. The predicted molar refractivity (Wildman–Crippen MR) is 61.6 cm³/mol. The van der Waals surface area contributed by atoms with E-state index in [1.165, 1.54) is 0 Å². The van der Waals surface area contributed by atoms with Crippen molar-refractivity contribution in [3.05, 3.63) is 23.7 Å². The van der Waals surface area contributed by atoms with Crippen LogP contribution in [0.2, 0.25) is 0 Å². The van der Waals surface area contributed by atoms with Gasteiger partial charge in [-0.1, -0.05) is 0 Å². The lowest BCUT2D eigenvalue weighted by Crippen LogP contribution is -2.30. The molecule has 3 atom stereocenters. The summed E-state index contributed by atoms with van der Waals surface area (Å²) in [4.78, 5) is 14.0. The molecule has 1 amide bonds. The molecule has 1 aromatic heterocycles. The van der Waals surface area contributed by atoms with Gasteiger partial charge in [0, 0.05) is 19.0 Å². The molecule has 17 heavy (non-hydrogen) atoms. The van der Waals surface area contributed by atoms with E-state index in [4.69, 9.17) is 4.42 Å². The highest BCUT2D eigenvalue weighted by Gasteiger charge is 2.43. The summed E-state index contributed by atoms with van der Waals surface area (Å²) < 4.78 is 5.35. The van der Waals surface area contributed by atoms with E-state index in [0.717, 1.165) is 25.1 Å². The Balaban J connectivity index is 1.73. The Morgan fingerprint density at radius 1 is 1.41 bits per heavy atom. The van der Waals surface area contributed by atoms with Gasteiger partial charge >= 0.3 is 0 Å². The Labute approximate surface area is 100 Å². The van der Waals surface area contributed by atoms with Gasteiger partial charge in [0.05, 0.1) is 6.10 Å². The van der Waals surface area contributed by atoms with Gasteiger partial charge in [0.25, 0.3) is 5.91 Å². The summed E-state index contributed by atoms with van der Waals surface area (Å²) in [6, 6.07) is 3.53. The highest BCUT2D eigenvalue weighted by Crippen LogP contribution is 2.38. The molecule has 1 saturated heterocycles. The number of likely N-dealkylation sites (tertiary alicyclic amines) is 1. The van der Waals surface area contributed by atoms with Crippen LogP contribution in [0.15, 0.2) is 16.5 Å². The van der Waals surface area contributed by atoms with Crippen LogP contribution in [0.5, 0.6) is 0 Å². The Hall–Kier alpha value is -1.29. The third kappa shape index (κ3) is 1.76. The molecule has 0 spiro atoms. The molecule has 0 aromatic carbocycles. The quantitative estimate of drug-likeness (QED) is 0.801. The monoisotopic (exact) mass is 235 g/mol. The molecule has 2 aliphatic rings. The number of hydrogen-bond acceptors (Lipinski definition) is 3. The molecule has 4 nitrogen and oxygen atoms in total. The van der Waals surface area contributed by atoms with Gasteiger partial charge in [-0.25, -0.2) is 0 Å². The molecule has 1 aromatic rings. The van der Waals surface area contributed by atoms with Gasteiger partial charge in [-0.15, -0.1) is 0 Å². The smallest absolute Gasteiger partial charge is 0.289 e. The number of nitrogens with zero attached hydrogens (tertiary/aromatic N) is 1. The summed E-state index contributed by atoms with van der Waals surface area (Å²) in [6.45, 7) is 3.27. The second-order valence-electron chi connectivity index (χ2n) is 5.19. The number of furan rings is 1. The molecule has 92 valence electrons. The molecule has 0 bridgehead atoms. The molecular weight excluding hydrogens is 218 g/mol. The van der Waals surface area contributed by atoms with Crippen LogP contribution >= 0.6 is 0 Å². The number of amides is 1. The largest absolute Gasteiger partial charge is 0.456 e. The van der Waals surface area contributed by atoms with Crippen LogP contribution in [0.4, 0.5) is 0 Å². The first kappa shape index (κ1) is 10.8. The summed E-state index contributed by atoms with van der Waals surface area (Å²) in [5.41, 5.74) is 0. The Morgan fingerprint density at radius 3 is 2.88 bits per heavy atom. The summed E-state index contributed by atoms with van der Waals surface area (Å²) in [5, 5.41) is 9.81. The highest BCUT2D eigenvalue weighted by molar-refractivity contribution is 5.91. The maximum Gasteiger partial charge on any atom is 0.289 e. The fraction of sp³-hybridized carbons (Fsp3) is 0.615. The summed E-state index contributed by atoms with van der Waals surface area (Å²) in [6.07, 6.45) is 1.69. The predicted octanol–water partition coefficient (Wildman–Crippen LogP) is 1.43. The number of fused-ring (bicyclic) bond motifs is 1.